The molecule has 112 valence electrons. The van der Waals surface area contributed by atoms with Crippen LogP contribution in [0.15, 0.2) is 90.0 Å². The van der Waals surface area contributed by atoms with Crippen molar-refractivity contribution < 1.29 is 4.79 Å². The van der Waals surface area contributed by atoms with Gasteiger partial charge in [-0.05, 0) is 23.3 Å². The number of Topliss-reactive ketones (excluding diaryl/α,β-unsaturated/α-hetero) is 1. The van der Waals surface area contributed by atoms with Gasteiger partial charge in [-0.2, -0.15) is 5.10 Å². The van der Waals surface area contributed by atoms with Gasteiger partial charge in [-0.25, -0.2) is 0 Å². The van der Waals surface area contributed by atoms with Crippen molar-refractivity contribution in [3.05, 3.63) is 90.5 Å². The number of hydrogen-bond donors (Lipinski definition) is 1. The van der Waals surface area contributed by atoms with Crippen molar-refractivity contribution in [1.29, 1.82) is 0 Å². The molecule has 0 aliphatic heterocycles. The Labute approximate surface area is 135 Å². The molecule has 0 saturated carbocycles. The van der Waals surface area contributed by atoms with E-state index in [0.717, 1.165) is 16.8 Å². The van der Waals surface area contributed by atoms with Gasteiger partial charge in [0.1, 0.15) is 0 Å². The molecule has 0 heterocycles. The molecule has 3 heteroatoms. The fourth-order valence-electron chi connectivity index (χ4n) is 2.21. The monoisotopic (exact) mass is 300 g/mol. The summed E-state index contributed by atoms with van der Waals surface area (Å²) in [6, 6.07) is 27.1. The summed E-state index contributed by atoms with van der Waals surface area (Å²) in [7, 11) is 0. The lowest BCUT2D eigenvalue weighted by Crippen LogP contribution is -2.02. The van der Waals surface area contributed by atoms with Crippen molar-refractivity contribution in [3.8, 4) is 11.1 Å². The molecule has 0 aliphatic rings. The van der Waals surface area contributed by atoms with Crippen LogP contribution in [0.2, 0.25) is 0 Å². The second-order valence-corrected chi connectivity index (χ2v) is 5.04. The number of hydrazone groups is 1. The summed E-state index contributed by atoms with van der Waals surface area (Å²) >= 11 is 0. The van der Waals surface area contributed by atoms with Crippen LogP contribution in [0.3, 0.4) is 0 Å². The number of nitrogens with one attached hydrogen (secondary N) is 1. The Morgan fingerprint density at radius 2 is 1.30 bits per heavy atom. The van der Waals surface area contributed by atoms with E-state index in [-0.39, 0.29) is 5.78 Å². The average Bonchev–Trinajstić information content (AvgIpc) is 2.63. The van der Waals surface area contributed by atoms with Crippen molar-refractivity contribution >= 4 is 17.7 Å². The molecule has 0 aromatic heterocycles. The van der Waals surface area contributed by atoms with Crippen molar-refractivity contribution in [2.45, 2.75) is 0 Å². The molecule has 23 heavy (non-hydrogen) atoms. The molecule has 0 radical (unpaired) electrons. The van der Waals surface area contributed by atoms with E-state index in [4.69, 9.17) is 0 Å². The summed E-state index contributed by atoms with van der Waals surface area (Å²) in [5, 5.41) is 3.97. The van der Waals surface area contributed by atoms with E-state index >= 15 is 0 Å². The molecule has 3 nitrogen and oxygen atoms in total. The maximum Gasteiger partial charge on any atom is 0.205 e. The van der Waals surface area contributed by atoms with E-state index in [1.807, 2.05) is 84.9 Å². The van der Waals surface area contributed by atoms with E-state index in [1.165, 1.54) is 6.21 Å². The van der Waals surface area contributed by atoms with Gasteiger partial charge >= 0.3 is 0 Å². The maximum absolute atomic E-state index is 12.1. The number of nitrogens with zero attached hydrogens (tertiary/aromatic N) is 1. The summed E-state index contributed by atoms with van der Waals surface area (Å²) in [4.78, 5) is 12.1. The lowest BCUT2D eigenvalue weighted by molar-refractivity contribution is 0.107. The van der Waals surface area contributed by atoms with E-state index in [9.17, 15) is 4.79 Å². The summed E-state index contributed by atoms with van der Waals surface area (Å²) in [5.41, 5.74) is 6.50. The molecule has 0 unspecified atom stereocenters. The highest BCUT2D eigenvalue weighted by atomic mass is 16.1. The van der Waals surface area contributed by atoms with Crippen LogP contribution in [0.4, 0.5) is 5.69 Å². The standard InChI is InChI=1S/C20H16N2O/c23-20(15-21-22-19-9-5-2-6-10-19)18-13-11-17(12-14-18)16-7-3-1-4-8-16/h1-15,22H/b21-15+. The topological polar surface area (TPSA) is 41.5 Å². The lowest BCUT2D eigenvalue weighted by atomic mass is 10.0. The van der Waals surface area contributed by atoms with Gasteiger partial charge in [0.15, 0.2) is 0 Å². The highest BCUT2D eigenvalue weighted by Gasteiger charge is 2.03. The molecule has 0 fully saturated rings. The van der Waals surface area contributed by atoms with Gasteiger partial charge in [-0.15, -0.1) is 0 Å². The Bertz CT molecular complexity index is 794. The van der Waals surface area contributed by atoms with Crippen LogP contribution in [0.25, 0.3) is 11.1 Å². The van der Waals surface area contributed by atoms with Gasteiger partial charge < -0.3 is 0 Å². The van der Waals surface area contributed by atoms with Crippen LogP contribution >= 0.6 is 0 Å². The Morgan fingerprint density at radius 3 is 1.96 bits per heavy atom. The van der Waals surface area contributed by atoms with Crippen molar-refractivity contribution in [1.82, 2.24) is 0 Å². The first-order valence-corrected chi connectivity index (χ1v) is 7.37. The average molecular weight is 300 g/mol. The molecule has 1 N–H and O–H groups in total. The first-order chi connectivity index (χ1) is 11.3. The number of carbonyl (C=O) groups is 1. The SMILES string of the molecule is O=C(/C=N/Nc1ccccc1)c1ccc(-c2ccccc2)cc1. The number of benzene rings is 3. The third kappa shape index (κ3) is 3.92. The van der Waals surface area contributed by atoms with Gasteiger partial charge in [-0.1, -0.05) is 72.8 Å². The third-order valence-electron chi connectivity index (χ3n) is 3.43. The van der Waals surface area contributed by atoms with Crippen LogP contribution in [0, 0.1) is 0 Å². The molecule has 3 rings (SSSR count). The van der Waals surface area contributed by atoms with Crippen molar-refractivity contribution in [2.24, 2.45) is 5.10 Å². The number of ketones is 1. The first kappa shape index (κ1) is 14.7. The molecular formula is C20H16N2O. The molecule has 3 aromatic rings. The minimum absolute atomic E-state index is 0.131. The van der Waals surface area contributed by atoms with Gasteiger partial charge in [0.05, 0.1) is 11.9 Å². The quantitative estimate of drug-likeness (QED) is 0.424. The zero-order valence-electron chi connectivity index (χ0n) is 12.5. The maximum atomic E-state index is 12.1. The normalized spacial score (nSPS) is 10.6. The Morgan fingerprint density at radius 1 is 0.739 bits per heavy atom. The molecule has 0 spiro atoms. The van der Waals surface area contributed by atoms with Crippen LogP contribution in [-0.4, -0.2) is 12.0 Å². The molecular weight excluding hydrogens is 284 g/mol. The van der Waals surface area contributed by atoms with Crippen LogP contribution < -0.4 is 5.43 Å². The largest absolute Gasteiger partial charge is 0.287 e. The van der Waals surface area contributed by atoms with Crippen LogP contribution in [0.1, 0.15) is 10.4 Å². The summed E-state index contributed by atoms with van der Waals surface area (Å²) in [6.07, 6.45) is 1.30. The smallest absolute Gasteiger partial charge is 0.205 e. The highest BCUT2D eigenvalue weighted by molar-refractivity contribution is 6.35. The zero-order valence-corrected chi connectivity index (χ0v) is 12.5. The number of hydrogen-bond acceptors (Lipinski definition) is 3. The van der Waals surface area contributed by atoms with Crippen LogP contribution in [-0.2, 0) is 0 Å². The number of carbonyl (C=O) groups excluding carboxylic acids is 1. The second kappa shape index (κ2) is 7.18. The van der Waals surface area contributed by atoms with Crippen molar-refractivity contribution in [3.63, 3.8) is 0 Å². The first-order valence-electron chi connectivity index (χ1n) is 7.37. The highest BCUT2D eigenvalue weighted by Crippen LogP contribution is 2.19. The summed E-state index contributed by atoms with van der Waals surface area (Å²) < 4.78 is 0. The molecule has 0 bridgehead atoms. The predicted octanol–water partition coefficient (Wildman–Crippen LogP) is 4.63. The molecule has 0 atom stereocenters. The fraction of sp³-hybridized carbons (Fsp3) is 0. The van der Waals surface area contributed by atoms with Gasteiger partial charge in [-0.3, -0.25) is 10.2 Å². The van der Waals surface area contributed by atoms with Gasteiger partial charge in [0.2, 0.25) is 5.78 Å². The minimum Gasteiger partial charge on any atom is -0.287 e. The Balaban J connectivity index is 1.66. The third-order valence-corrected chi connectivity index (χ3v) is 3.43. The zero-order chi connectivity index (χ0) is 15.9. The van der Waals surface area contributed by atoms with Gasteiger partial charge in [0, 0.05) is 5.56 Å². The van der Waals surface area contributed by atoms with E-state index in [1.54, 1.807) is 0 Å². The Hall–Kier alpha value is -3.20. The number of para-hydroxylation sites is 1. The number of rotatable bonds is 5. The van der Waals surface area contributed by atoms with E-state index < -0.39 is 0 Å². The molecule has 3 aromatic carbocycles. The minimum atomic E-state index is -0.131. The summed E-state index contributed by atoms with van der Waals surface area (Å²) in [5.74, 6) is -0.131. The lowest BCUT2D eigenvalue weighted by Gasteiger charge is -2.02. The fourth-order valence-corrected chi connectivity index (χ4v) is 2.21. The summed E-state index contributed by atoms with van der Waals surface area (Å²) in [6.45, 7) is 0. The molecule has 0 aliphatic carbocycles. The van der Waals surface area contributed by atoms with E-state index in [2.05, 4.69) is 10.5 Å². The van der Waals surface area contributed by atoms with Crippen LogP contribution in [0.5, 0.6) is 0 Å². The molecule has 0 saturated heterocycles. The van der Waals surface area contributed by atoms with Gasteiger partial charge in [0.25, 0.3) is 0 Å². The second-order valence-electron chi connectivity index (χ2n) is 5.04. The van der Waals surface area contributed by atoms with Crippen molar-refractivity contribution in [2.75, 3.05) is 5.43 Å². The number of anilines is 1. The van der Waals surface area contributed by atoms with E-state index in [0.29, 0.717) is 5.56 Å². The predicted molar refractivity (Wildman–Crippen MR) is 94.8 cm³/mol. The molecule has 0 amide bonds. The Kier molecular flexibility index (Phi) is 4.60.